The Labute approximate surface area is 89.6 Å². The van der Waals surface area contributed by atoms with Crippen LogP contribution in [-0.4, -0.2) is 29.4 Å². The monoisotopic (exact) mass is 217 g/mol. The van der Waals surface area contributed by atoms with Crippen molar-refractivity contribution in [3.05, 3.63) is 0 Å². The maximum absolute atomic E-state index is 11.4. The highest BCUT2D eigenvalue weighted by Gasteiger charge is 2.35. The van der Waals surface area contributed by atoms with E-state index in [-0.39, 0.29) is 24.1 Å². The Bertz CT molecular complexity index is 186. The Kier molecular flexibility index (Phi) is 4.58. The normalized spacial score (nSPS) is 13.1. The molecule has 0 aliphatic heterocycles. The molecule has 0 saturated carbocycles. The van der Waals surface area contributed by atoms with Gasteiger partial charge in [-0.05, 0) is 10.3 Å². The summed E-state index contributed by atoms with van der Waals surface area (Å²) in [6.45, 7) is 13.4. The van der Waals surface area contributed by atoms with Crippen molar-refractivity contribution in [3.63, 3.8) is 0 Å². The molecule has 0 aromatic rings. The van der Waals surface area contributed by atoms with E-state index in [0.717, 1.165) is 0 Å². The number of carbonyl (C=O) groups excluding carboxylic acids is 1. The first-order valence-electron chi connectivity index (χ1n) is 5.07. The molecular formula is C11H24NOP. The van der Waals surface area contributed by atoms with Crippen molar-refractivity contribution in [2.24, 2.45) is 0 Å². The third kappa shape index (κ3) is 4.41. The summed E-state index contributed by atoms with van der Waals surface area (Å²) in [5, 5.41) is 3.19. The molecular weight excluding hydrogens is 193 g/mol. The number of hydrogen-bond acceptors (Lipinski definition) is 1. The molecule has 0 spiro atoms. The molecule has 0 rings (SSSR count). The Morgan fingerprint density at radius 2 is 1.43 bits per heavy atom. The number of nitrogens with one attached hydrogen (secondary N) is 1. The molecule has 3 heteroatoms. The van der Waals surface area contributed by atoms with Gasteiger partial charge in [0.05, 0.1) is 0 Å². The van der Waals surface area contributed by atoms with Crippen LogP contribution in [0.15, 0.2) is 0 Å². The molecule has 1 amide bonds. The first-order chi connectivity index (χ1) is 6.09. The first kappa shape index (κ1) is 13.9. The van der Waals surface area contributed by atoms with Crippen LogP contribution >= 0.6 is 7.92 Å². The molecule has 0 bridgehead atoms. The smallest absolute Gasteiger partial charge is 0.224 e. The molecule has 0 saturated heterocycles. The van der Waals surface area contributed by atoms with E-state index in [1.54, 1.807) is 7.05 Å². The molecule has 0 aromatic heterocycles. The van der Waals surface area contributed by atoms with Crippen LogP contribution in [0.3, 0.4) is 0 Å². The summed E-state index contributed by atoms with van der Waals surface area (Å²) < 4.78 is 0. The molecule has 0 unspecified atom stereocenters. The molecule has 2 nitrogen and oxygen atoms in total. The van der Waals surface area contributed by atoms with E-state index < -0.39 is 0 Å². The average molecular weight is 217 g/mol. The lowest BCUT2D eigenvalue weighted by atomic mass is 10.2. The number of rotatable bonds is 2. The van der Waals surface area contributed by atoms with Gasteiger partial charge in [0.15, 0.2) is 0 Å². The molecule has 0 fully saturated rings. The van der Waals surface area contributed by atoms with E-state index in [1.807, 2.05) is 0 Å². The minimum atomic E-state index is -0.300. The summed E-state index contributed by atoms with van der Waals surface area (Å²) in [5.74, 6) is 0.168. The summed E-state index contributed by atoms with van der Waals surface area (Å²) in [5.41, 5.74) is 0. The molecule has 0 aromatic carbocycles. The van der Waals surface area contributed by atoms with Gasteiger partial charge in [-0.25, -0.2) is 0 Å². The number of amides is 1. The van der Waals surface area contributed by atoms with Crippen molar-refractivity contribution in [2.75, 3.05) is 13.2 Å². The van der Waals surface area contributed by atoms with E-state index in [0.29, 0.717) is 6.16 Å². The van der Waals surface area contributed by atoms with Gasteiger partial charge in [0.2, 0.25) is 5.91 Å². The fourth-order valence-corrected chi connectivity index (χ4v) is 5.11. The van der Waals surface area contributed by atoms with Crippen LogP contribution in [0.25, 0.3) is 0 Å². The second-order valence-corrected chi connectivity index (χ2v) is 9.46. The van der Waals surface area contributed by atoms with Crippen molar-refractivity contribution in [1.29, 1.82) is 0 Å². The Morgan fingerprint density at radius 3 is 1.64 bits per heavy atom. The van der Waals surface area contributed by atoms with Crippen LogP contribution < -0.4 is 5.32 Å². The molecule has 0 heterocycles. The maximum Gasteiger partial charge on any atom is 0.224 e. The summed E-state index contributed by atoms with van der Waals surface area (Å²) in [7, 11) is 1.41. The minimum Gasteiger partial charge on any atom is -0.359 e. The van der Waals surface area contributed by atoms with Crippen LogP contribution in [0, 0.1) is 0 Å². The zero-order chi connectivity index (χ0) is 11.6. The topological polar surface area (TPSA) is 29.1 Å². The fraction of sp³-hybridized carbons (Fsp3) is 0.909. The fourth-order valence-electron chi connectivity index (χ4n) is 1.70. The zero-order valence-electron chi connectivity index (χ0n) is 10.6. The summed E-state index contributed by atoms with van der Waals surface area (Å²) >= 11 is 0. The van der Waals surface area contributed by atoms with E-state index in [4.69, 9.17) is 0 Å². The van der Waals surface area contributed by atoms with E-state index in [9.17, 15) is 4.79 Å². The van der Waals surface area contributed by atoms with Crippen molar-refractivity contribution in [2.45, 2.75) is 51.9 Å². The second kappa shape index (κ2) is 4.61. The minimum absolute atomic E-state index is 0.168. The van der Waals surface area contributed by atoms with Crippen molar-refractivity contribution >= 4 is 13.8 Å². The van der Waals surface area contributed by atoms with Crippen molar-refractivity contribution < 1.29 is 4.79 Å². The van der Waals surface area contributed by atoms with Crippen LogP contribution in [0.4, 0.5) is 0 Å². The van der Waals surface area contributed by atoms with E-state index in [2.05, 4.69) is 46.9 Å². The van der Waals surface area contributed by atoms with Gasteiger partial charge in [-0.3, -0.25) is 4.79 Å². The Morgan fingerprint density at radius 1 is 1.07 bits per heavy atom. The summed E-state index contributed by atoms with van der Waals surface area (Å²) in [6.07, 6.45) is 0.679. The quantitative estimate of drug-likeness (QED) is 0.708. The van der Waals surface area contributed by atoms with Crippen LogP contribution in [0.5, 0.6) is 0 Å². The predicted octanol–water partition coefficient (Wildman–Crippen LogP) is 2.81. The highest BCUT2D eigenvalue weighted by Crippen LogP contribution is 2.58. The summed E-state index contributed by atoms with van der Waals surface area (Å²) in [6, 6.07) is 0. The maximum atomic E-state index is 11.4. The van der Waals surface area contributed by atoms with Gasteiger partial charge in [0, 0.05) is 13.2 Å². The van der Waals surface area contributed by atoms with Crippen molar-refractivity contribution in [1.82, 2.24) is 5.32 Å². The highest BCUT2D eigenvalue weighted by atomic mass is 31.1. The van der Waals surface area contributed by atoms with Gasteiger partial charge >= 0.3 is 0 Å². The van der Waals surface area contributed by atoms with Crippen LogP contribution in [-0.2, 0) is 4.79 Å². The lowest BCUT2D eigenvalue weighted by Crippen LogP contribution is -2.32. The molecule has 1 N–H and O–H groups in total. The molecule has 0 atom stereocenters. The number of carbonyl (C=O) groups is 1. The molecule has 14 heavy (non-hydrogen) atoms. The lowest BCUT2D eigenvalue weighted by Gasteiger charge is -2.41. The van der Waals surface area contributed by atoms with E-state index in [1.165, 1.54) is 0 Å². The van der Waals surface area contributed by atoms with E-state index >= 15 is 0 Å². The average Bonchev–Trinajstić information content (AvgIpc) is 1.95. The molecule has 0 aliphatic rings. The van der Waals surface area contributed by atoms with Crippen LogP contribution in [0.1, 0.15) is 41.5 Å². The summed E-state index contributed by atoms with van der Waals surface area (Å²) in [4.78, 5) is 11.4. The number of hydrogen-bond donors (Lipinski definition) is 1. The molecule has 0 aliphatic carbocycles. The first-order valence-corrected chi connectivity index (χ1v) is 6.60. The molecule has 0 radical (unpaired) electrons. The van der Waals surface area contributed by atoms with Gasteiger partial charge in [-0.2, -0.15) is 0 Å². The largest absolute Gasteiger partial charge is 0.359 e. The lowest BCUT2D eigenvalue weighted by molar-refractivity contribution is -0.118. The van der Waals surface area contributed by atoms with Crippen molar-refractivity contribution in [3.8, 4) is 0 Å². The van der Waals surface area contributed by atoms with Gasteiger partial charge in [-0.15, -0.1) is 0 Å². The van der Waals surface area contributed by atoms with Gasteiger partial charge in [-0.1, -0.05) is 49.5 Å². The zero-order valence-corrected chi connectivity index (χ0v) is 11.5. The molecule has 84 valence electrons. The third-order valence-corrected chi connectivity index (χ3v) is 6.04. The van der Waals surface area contributed by atoms with Gasteiger partial charge in [0.1, 0.15) is 0 Å². The Hall–Kier alpha value is -0.100. The predicted molar refractivity (Wildman–Crippen MR) is 65.4 cm³/mol. The Balaban J connectivity index is 4.68. The third-order valence-electron chi connectivity index (χ3n) is 2.20. The SMILES string of the molecule is CNC(=O)CP(C(C)(C)C)C(C)(C)C. The second-order valence-electron chi connectivity index (χ2n) is 5.60. The van der Waals surface area contributed by atoms with Crippen LogP contribution in [0.2, 0.25) is 0 Å². The highest BCUT2D eigenvalue weighted by molar-refractivity contribution is 7.61. The van der Waals surface area contributed by atoms with Gasteiger partial charge < -0.3 is 5.32 Å². The van der Waals surface area contributed by atoms with Gasteiger partial charge in [0.25, 0.3) is 0 Å². The standard InChI is InChI=1S/C11H24NOP/c1-10(2,3)14(11(4,5)6)8-9(13)12-7/h8H2,1-7H3,(H,12,13).